The van der Waals surface area contributed by atoms with Crippen LogP contribution in [0.3, 0.4) is 0 Å². The Kier molecular flexibility index (Phi) is 4.24. The van der Waals surface area contributed by atoms with Crippen molar-refractivity contribution in [3.63, 3.8) is 0 Å². The van der Waals surface area contributed by atoms with E-state index in [0.717, 1.165) is 32.7 Å². The fourth-order valence-electron chi connectivity index (χ4n) is 1.99. The molecule has 4 nitrogen and oxygen atoms in total. The summed E-state index contributed by atoms with van der Waals surface area (Å²) < 4.78 is 2.16. The Hall–Kier alpha value is -1.11. The molecule has 0 bridgehead atoms. The molecule has 1 saturated carbocycles. The number of hydrogen-bond acceptors (Lipinski definition) is 5. The zero-order valence-corrected chi connectivity index (χ0v) is 12.9. The quantitative estimate of drug-likeness (QED) is 0.806. The second-order valence-corrected chi connectivity index (χ2v) is 7.07. The van der Waals surface area contributed by atoms with Crippen LogP contribution >= 0.6 is 23.1 Å². The van der Waals surface area contributed by atoms with E-state index < -0.39 is 0 Å². The summed E-state index contributed by atoms with van der Waals surface area (Å²) in [7, 11) is 0. The second-order valence-electron chi connectivity index (χ2n) is 4.99. The highest BCUT2D eigenvalue weighted by Crippen LogP contribution is 2.30. The van der Waals surface area contributed by atoms with Gasteiger partial charge in [-0.2, -0.15) is 0 Å². The highest BCUT2D eigenvalue weighted by Gasteiger charge is 2.20. The minimum Gasteiger partial charge on any atom is -0.325 e. The van der Waals surface area contributed by atoms with Gasteiger partial charge >= 0.3 is 0 Å². The van der Waals surface area contributed by atoms with Crippen molar-refractivity contribution in [2.24, 2.45) is 5.92 Å². The van der Waals surface area contributed by atoms with Crippen molar-refractivity contribution < 1.29 is 4.79 Å². The third-order valence-corrected chi connectivity index (χ3v) is 5.25. The highest BCUT2D eigenvalue weighted by atomic mass is 32.2. The van der Waals surface area contributed by atoms with Gasteiger partial charge in [0, 0.05) is 5.69 Å². The second kappa shape index (κ2) is 6.11. The van der Waals surface area contributed by atoms with Gasteiger partial charge in [0.25, 0.3) is 0 Å². The molecule has 2 N–H and O–H groups in total. The molecule has 20 heavy (non-hydrogen) atoms. The third-order valence-electron chi connectivity index (χ3n) is 3.24. The first-order chi connectivity index (χ1) is 9.74. The molecule has 1 aromatic heterocycles. The minimum atomic E-state index is 0.0135. The molecule has 1 aliphatic rings. The summed E-state index contributed by atoms with van der Waals surface area (Å²) in [4.78, 5) is 16.3. The van der Waals surface area contributed by atoms with Gasteiger partial charge in [-0.1, -0.05) is 11.8 Å². The lowest BCUT2D eigenvalue weighted by atomic mass is 10.3. The Morgan fingerprint density at radius 1 is 1.50 bits per heavy atom. The van der Waals surface area contributed by atoms with Crippen molar-refractivity contribution in [1.82, 2.24) is 10.3 Å². The number of hydrogen-bond donors (Lipinski definition) is 2. The monoisotopic (exact) mass is 307 g/mol. The first-order valence-electron chi connectivity index (χ1n) is 6.70. The van der Waals surface area contributed by atoms with Gasteiger partial charge in [0.2, 0.25) is 5.91 Å². The standard InChI is InChI=1S/C14H17N3OS2/c1-19-14-17-11-5-4-10(6-12(11)20-14)16-13(18)8-15-7-9-2-3-9/h4-6,9,15H,2-3,7-8H2,1H3,(H,16,18). The fourth-order valence-corrected chi connectivity index (χ4v) is 3.51. The number of nitrogens with one attached hydrogen (secondary N) is 2. The summed E-state index contributed by atoms with van der Waals surface area (Å²) in [6.07, 6.45) is 4.62. The fraction of sp³-hybridized carbons (Fsp3) is 0.429. The van der Waals surface area contributed by atoms with E-state index in [2.05, 4.69) is 15.6 Å². The molecule has 0 aliphatic heterocycles. The summed E-state index contributed by atoms with van der Waals surface area (Å²) in [5.74, 6) is 0.806. The first-order valence-corrected chi connectivity index (χ1v) is 8.74. The molecule has 0 spiro atoms. The number of rotatable bonds is 6. The Labute approximate surface area is 126 Å². The van der Waals surface area contributed by atoms with E-state index >= 15 is 0 Å². The third kappa shape index (κ3) is 3.50. The molecule has 1 amide bonds. The summed E-state index contributed by atoms with van der Waals surface area (Å²) in [6.45, 7) is 1.34. The van der Waals surface area contributed by atoms with Gasteiger partial charge in [-0.15, -0.1) is 11.3 Å². The summed E-state index contributed by atoms with van der Waals surface area (Å²) in [6, 6.07) is 5.86. The van der Waals surface area contributed by atoms with Crippen LogP contribution in [0.15, 0.2) is 22.5 Å². The van der Waals surface area contributed by atoms with E-state index in [1.807, 2.05) is 24.5 Å². The number of amides is 1. The number of thioether (sulfide) groups is 1. The smallest absolute Gasteiger partial charge is 0.238 e. The van der Waals surface area contributed by atoms with Gasteiger partial charge in [0.05, 0.1) is 16.8 Å². The molecule has 0 unspecified atom stereocenters. The maximum absolute atomic E-state index is 11.8. The van der Waals surface area contributed by atoms with Crippen molar-refractivity contribution in [3.8, 4) is 0 Å². The van der Waals surface area contributed by atoms with Gasteiger partial charge in [0.1, 0.15) is 0 Å². The molecular formula is C14H17N3OS2. The molecule has 0 radical (unpaired) electrons. The topological polar surface area (TPSA) is 54.0 Å². The van der Waals surface area contributed by atoms with Crippen LogP contribution in [-0.2, 0) is 4.79 Å². The lowest BCUT2D eigenvalue weighted by Crippen LogP contribution is -2.29. The van der Waals surface area contributed by atoms with Crippen LogP contribution in [0.25, 0.3) is 10.2 Å². The molecule has 2 aromatic rings. The number of carbonyl (C=O) groups excluding carboxylic acids is 1. The van der Waals surface area contributed by atoms with E-state index in [0.29, 0.717) is 6.54 Å². The molecule has 1 aromatic carbocycles. The van der Waals surface area contributed by atoms with Gasteiger partial charge < -0.3 is 10.6 Å². The van der Waals surface area contributed by atoms with E-state index in [-0.39, 0.29) is 5.91 Å². The highest BCUT2D eigenvalue weighted by molar-refractivity contribution is 8.00. The molecular weight excluding hydrogens is 290 g/mol. The van der Waals surface area contributed by atoms with Crippen LogP contribution in [0.5, 0.6) is 0 Å². The molecule has 1 aliphatic carbocycles. The lowest BCUT2D eigenvalue weighted by molar-refractivity contribution is -0.115. The van der Waals surface area contributed by atoms with Gasteiger partial charge in [-0.3, -0.25) is 4.79 Å². The number of carbonyl (C=O) groups is 1. The van der Waals surface area contributed by atoms with Gasteiger partial charge in [0.15, 0.2) is 4.34 Å². The molecule has 3 rings (SSSR count). The van der Waals surface area contributed by atoms with Crippen LogP contribution < -0.4 is 10.6 Å². The van der Waals surface area contributed by atoms with Crippen LogP contribution in [0, 0.1) is 5.92 Å². The van der Waals surface area contributed by atoms with Crippen LogP contribution in [0.4, 0.5) is 5.69 Å². The first kappa shape index (κ1) is 13.9. The van der Waals surface area contributed by atoms with Crippen molar-refractivity contribution in [3.05, 3.63) is 18.2 Å². The van der Waals surface area contributed by atoms with Crippen LogP contribution in [0.2, 0.25) is 0 Å². The van der Waals surface area contributed by atoms with E-state index in [4.69, 9.17) is 0 Å². The molecule has 0 atom stereocenters. The maximum atomic E-state index is 11.8. The van der Waals surface area contributed by atoms with Crippen LogP contribution in [-0.4, -0.2) is 30.2 Å². The largest absolute Gasteiger partial charge is 0.325 e. The lowest BCUT2D eigenvalue weighted by Gasteiger charge is -2.06. The number of thiazole rings is 1. The van der Waals surface area contributed by atoms with Crippen LogP contribution in [0.1, 0.15) is 12.8 Å². The van der Waals surface area contributed by atoms with Crippen molar-refractivity contribution in [2.45, 2.75) is 17.2 Å². The zero-order valence-electron chi connectivity index (χ0n) is 11.3. The number of fused-ring (bicyclic) bond motifs is 1. The van der Waals surface area contributed by atoms with E-state index in [1.165, 1.54) is 12.8 Å². The summed E-state index contributed by atoms with van der Waals surface area (Å²) in [5, 5.41) is 6.12. The molecule has 1 fully saturated rings. The van der Waals surface area contributed by atoms with E-state index in [1.54, 1.807) is 23.1 Å². The van der Waals surface area contributed by atoms with Crippen molar-refractivity contribution in [1.29, 1.82) is 0 Å². The minimum absolute atomic E-state index is 0.0135. The molecule has 6 heteroatoms. The predicted molar refractivity (Wildman–Crippen MR) is 85.6 cm³/mol. The number of aromatic nitrogens is 1. The number of benzene rings is 1. The Balaban J connectivity index is 1.59. The molecule has 0 saturated heterocycles. The Morgan fingerprint density at radius 2 is 2.35 bits per heavy atom. The Bertz CT molecular complexity index is 622. The van der Waals surface area contributed by atoms with Gasteiger partial charge in [-0.05, 0) is 49.8 Å². The van der Waals surface area contributed by atoms with Crippen molar-refractivity contribution in [2.75, 3.05) is 24.7 Å². The summed E-state index contributed by atoms with van der Waals surface area (Å²) >= 11 is 3.30. The summed E-state index contributed by atoms with van der Waals surface area (Å²) in [5.41, 5.74) is 1.83. The van der Waals surface area contributed by atoms with Crippen molar-refractivity contribution >= 4 is 44.9 Å². The van der Waals surface area contributed by atoms with E-state index in [9.17, 15) is 4.79 Å². The molecule has 1 heterocycles. The molecule has 106 valence electrons. The predicted octanol–water partition coefficient (Wildman–Crippen LogP) is 2.96. The normalized spacial score (nSPS) is 14.7. The SMILES string of the molecule is CSc1nc2ccc(NC(=O)CNCC3CC3)cc2s1. The average molecular weight is 307 g/mol. The number of nitrogens with zero attached hydrogens (tertiary/aromatic N) is 1. The average Bonchev–Trinajstić information content (AvgIpc) is 3.16. The Morgan fingerprint density at radius 3 is 3.10 bits per heavy atom. The number of anilines is 1. The van der Waals surface area contributed by atoms with Gasteiger partial charge in [-0.25, -0.2) is 4.98 Å². The zero-order chi connectivity index (χ0) is 13.9. The maximum Gasteiger partial charge on any atom is 0.238 e.